The molecular formula is C24H43NO5S. The van der Waals surface area contributed by atoms with Gasteiger partial charge in [0, 0.05) is 12.7 Å². The van der Waals surface area contributed by atoms with E-state index in [0.29, 0.717) is 6.42 Å². The number of hydrogen-bond donors (Lipinski definition) is 4. The molecule has 0 rings (SSSR count). The molecule has 0 radical (unpaired) electrons. The van der Waals surface area contributed by atoms with E-state index in [4.69, 9.17) is 0 Å². The quantitative estimate of drug-likeness (QED) is 0.0918. The van der Waals surface area contributed by atoms with Gasteiger partial charge in [0.1, 0.15) is 5.92 Å². The summed E-state index contributed by atoms with van der Waals surface area (Å²) in [6.45, 7) is 3.50. The monoisotopic (exact) mass is 457 g/mol. The molecule has 0 saturated heterocycles. The summed E-state index contributed by atoms with van der Waals surface area (Å²) >= 11 is 4.02. The smallest absolute Gasteiger partial charge is 0.314 e. The Hall–Kier alpha value is -1.34. The fourth-order valence-corrected chi connectivity index (χ4v) is 3.77. The van der Waals surface area contributed by atoms with Crippen LogP contribution in [0, 0.1) is 5.92 Å². The Kier molecular flexibility index (Phi) is 18.5. The van der Waals surface area contributed by atoms with Crippen molar-refractivity contribution in [1.82, 2.24) is 5.32 Å². The molecule has 3 N–H and O–H groups in total. The zero-order valence-corrected chi connectivity index (χ0v) is 20.2. The van der Waals surface area contributed by atoms with Crippen LogP contribution in [-0.4, -0.2) is 45.8 Å². The number of aliphatic hydroxyl groups is 1. The third-order valence-corrected chi connectivity index (χ3v) is 5.75. The Morgan fingerprint density at radius 3 is 2.03 bits per heavy atom. The van der Waals surface area contributed by atoms with Crippen molar-refractivity contribution in [3.05, 3.63) is 12.2 Å². The van der Waals surface area contributed by atoms with Crippen LogP contribution in [0.4, 0.5) is 0 Å². The van der Waals surface area contributed by atoms with Gasteiger partial charge in [-0.15, -0.1) is 0 Å². The second kappa shape index (κ2) is 19.4. The average Bonchev–Trinajstić information content (AvgIpc) is 2.72. The highest BCUT2D eigenvalue weighted by Crippen LogP contribution is 2.16. The van der Waals surface area contributed by atoms with Gasteiger partial charge in [-0.1, -0.05) is 70.4 Å². The number of unbranched alkanes of at least 4 members (excludes halogenated alkanes) is 9. The number of hydrogen-bond acceptors (Lipinski definition) is 5. The normalized spacial score (nSPS) is 14.3. The largest absolute Gasteiger partial charge is 0.481 e. The second-order valence-corrected chi connectivity index (χ2v) is 8.65. The number of allylic oxidation sites excluding steroid dienone is 1. The predicted octanol–water partition coefficient (Wildman–Crippen LogP) is 4.70. The van der Waals surface area contributed by atoms with Crippen molar-refractivity contribution >= 4 is 30.3 Å². The van der Waals surface area contributed by atoms with Gasteiger partial charge in [-0.25, -0.2) is 0 Å². The highest BCUT2D eigenvalue weighted by atomic mass is 32.1. The van der Waals surface area contributed by atoms with Gasteiger partial charge in [0.25, 0.3) is 0 Å². The number of amides is 1. The summed E-state index contributed by atoms with van der Waals surface area (Å²) in [7, 11) is 0. The number of thiol groups is 1. The van der Waals surface area contributed by atoms with Crippen LogP contribution in [0.2, 0.25) is 0 Å². The van der Waals surface area contributed by atoms with E-state index >= 15 is 0 Å². The standard InChI is InChI=1S/C24H43NO5S/c1-3-4-5-6-7-8-9-10-11-12-13-14-15-20(27)16-17-21(24(29)30)23(28)22(18-31)25-19(2)26/h13-14,20-22,27,31H,3-12,15-18H2,1-2H3,(H,25,26)(H,29,30)/t20-,21-,22-/m0/s1. The number of rotatable bonds is 20. The third-order valence-electron chi connectivity index (χ3n) is 5.38. The highest BCUT2D eigenvalue weighted by molar-refractivity contribution is 7.80. The van der Waals surface area contributed by atoms with Crippen molar-refractivity contribution in [1.29, 1.82) is 0 Å². The van der Waals surface area contributed by atoms with Crippen molar-refractivity contribution in [2.75, 3.05) is 5.75 Å². The lowest BCUT2D eigenvalue weighted by atomic mass is 9.92. The molecule has 0 aromatic rings. The predicted molar refractivity (Wildman–Crippen MR) is 128 cm³/mol. The molecule has 1 amide bonds. The molecule has 3 atom stereocenters. The highest BCUT2D eigenvalue weighted by Gasteiger charge is 2.32. The maximum absolute atomic E-state index is 12.4. The maximum atomic E-state index is 12.4. The van der Waals surface area contributed by atoms with Crippen molar-refractivity contribution in [2.45, 2.75) is 109 Å². The van der Waals surface area contributed by atoms with Crippen LogP contribution in [0.1, 0.15) is 97.3 Å². The van der Waals surface area contributed by atoms with Gasteiger partial charge < -0.3 is 15.5 Å². The fourth-order valence-electron chi connectivity index (χ4n) is 3.50. The Labute approximate surface area is 193 Å². The van der Waals surface area contributed by atoms with E-state index in [9.17, 15) is 24.6 Å². The number of carbonyl (C=O) groups excluding carboxylic acids is 2. The Morgan fingerprint density at radius 1 is 0.935 bits per heavy atom. The number of ketones is 1. The van der Waals surface area contributed by atoms with Gasteiger partial charge in [-0.05, 0) is 32.1 Å². The molecule has 0 aliphatic carbocycles. The molecule has 7 heteroatoms. The van der Waals surface area contributed by atoms with Crippen LogP contribution < -0.4 is 5.32 Å². The minimum absolute atomic E-state index is 0.0330. The zero-order valence-electron chi connectivity index (χ0n) is 19.4. The molecule has 0 unspecified atom stereocenters. The molecule has 0 aromatic heterocycles. The molecule has 0 fully saturated rings. The average molecular weight is 458 g/mol. The number of aliphatic carboxylic acids is 1. The summed E-state index contributed by atoms with van der Waals surface area (Å²) in [5.41, 5.74) is 0. The molecule has 6 nitrogen and oxygen atoms in total. The van der Waals surface area contributed by atoms with Crippen LogP contribution in [0.25, 0.3) is 0 Å². The SMILES string of the molecule is CCCCCCCCCCCC=CC[C@H](O)CC[C@H](C(=O)O)C(=O)[C@H](CS)NC(C)=O. The molecule has 180 valence electrons. The van der Waals surface area contributed by atoms with Gasteiger partial charge in [0.05, 0.1) is 12.1 Å². The van der Waals surface area contributed by atoms with Crippen LogP contribution >= 0.6 is 12.6 Å². The van der Waals surface area contributed by atoms with Crippen LogP contribution in [0.3, 0.4) is 0 Å². The lowest BCUT2D eigenvalue weighted by Gasteiger charge is -2.20. The van der Waals surface area contributed by atoms with Crippen LogP contribution in [0.5, 0.6) is 0 Å². The van der Waals surface area contributed by atoms with E-state index in [2.05, 4.69) is 30.9 Å². The van der Waals surface area contributed by atoms with Crippen molar-refractivity contribution in [3.8, 4) is 0 Å². The van der Waals surface area contributed by atoms with E-state index < -0.39 is 35.7 Å². The summed E-state index contributed by atoms with van der Waals surface area (Å²) in [5.74, 6) is -3.45. The summed E-state index contributed by atoms with van der Waals surface area (Å²) in [6, 6.07) is -0.935. The molecule has 31 heavy (non-hydrogen) atoms. The maximum Gasteiger partial charge on any atom is 0.314 e. The summed E-state index contributed by atoms with van der Waals surface area (Å²) in [4.78, 5) is 35.1. The summed E-state index contributed by atoms with van der Waals surface area (Å²) in [5, 5.41) is 21.9. The van der Waals surface area contributed by atoms with E-state index in [0.717, 1.165) is 12.8 Å². The summed E-state index contributed by atoms with van der Waals surface area (Å²) in [6.07, 6.45) is 16.6. The number of Topliss-reactive ketones (excluding diaryl/α,β-unsaturated/α-hetero) is 1. The number of carboxylic acid groups (broad SMARTS) is 1. The minimum Gasteiger partial charge on any atom is -0.481 e. The Bertz CT molecular complexity index is 538. The first-order valence-corrected chi connectivity index (χ1v) is 12.4. The lowest BCUT2D eigenvalue weighted by Crippen LogP contribution is -2.46. The molecule has 0 aliphatic heterocycles. The van der Waals surface area contributed by atoms with Gasteiger partial charge in [0.15, 0.2) is 5.78 Å². The lowest BCUT2D eigenvalue weighted by molar-refractivity contribution is -0.147. The van der Waals surface area contributed by atoms with Crippen molar-refractivity contribution in [2.24, 2.45) is 5.92 Å². The van der Waals surface area contributed by atoms with Gasteiger partial charge in [0.2, 0.25) is 5.91 Å². The van der Waals surface area contributed by atoms with E-state index in [1.165, 1.54) is 58.3 Å². The first-order valence-electron chi connectivity index (χ1n) is 11.8. The van der Waals surface area contributed by atoms with Crippen LogP contribution in [0.15, 0.2) is 12.2 Å². The van der Waals surface area contributed by atoms with E-state index in [1.54, 1.807) is 0 Å². The van der Waals surface area contributed by atoms with Gasteiger partial charge >= 0.3 is 5.97 Å². The van der Waals surface area contributed by atoms with Crippen LogP contribution in [-0.2, 0) is 14.4 Å². The topological polar surface area (TPSA) is 104 Å². The van der Waals surface area contributed by atoms with Crippen molar-refractivity contribution < 1.29 is 24.6 Å². The van der Waals surface area contributed by atoms with E-state index in [-0.39, 0.29) is 18.6 Å². The molecule has 0 aliphatic rings. The van der Waals surface area contributed by atoms with Crippen molar-refractivity contribution in [3.63, 3.8) is 0 Å². The molecule has 0 aromatic carbocycles. The molecule has 0 saturated carbocycles. The Balaban J connectivity index is 4.05. The summed E-state index contributed by atoms with van der Waals surface area (Å²) < 4.78 is 0. The molecular weight excluding hydrogens is 414 g/mol. The van der Waals surface area contributed by atoms with Gasteiger partial charge in [-0.2, -0.15) is 12.6 Å². The minimum atomic E-state index is -1.26. The van der Waals surface area contributed by atoms with Gasteiger partial charge in [-0.3, -0.25) is 14.4 Å². The van der Waals surface area contributed by atoms with E-state index in [1.807, 2.05) is 6.08 Å². The fraction of sp³-hybridized carbons (Fsp3) is 0.792. The molecule has 0 bridgehead atoms. The number of carbonyl (C=O) groups is 3. The first-order chi connectivity index (χ1) is 14.8. The number of carboxylic acids is 1. The second-order valence-electron chi connectivity index (χ2n) is 8.28. The number of nitrogens with one attached hydrogen (secondary N) is 1. The number of aliphatic hydroxyl groups excluding tert-OH is 1. The third kappa shape index (κ3) is 16.0. The zero-order chi connectivity index (χ0) is 23.5. The first kappa shape index (κ1) is 29.7. The molecule has 0 heterocycles. The molecule has 0 spiro atoms. The Morgan fingerprint density at radius 2 is 1.52 bits per heavy atom.